The van der Waals surface area contributed by atoms with Gasteiger partial charge in [-0.3, -0.25) is 25.2 Å². The fourth-order valence-electron chi connectivity index (χ4n) is 3.44. The molecule has 170 valence electrons. The summed E-state index contributed by atoms with van der Waals surface area (Å²) >= 11 is 1.46. The first-order valence-corrected chi connectivity index (χ1v) is 11.4. The van der Waals surface area contributed by atoms with Gasteiger partial charge < -0.3 is 9.72 Å². The van der Waals surface area contributed by atoms with Crippen molar-refractivity contribution in [3.05, 3.63) is 69.1 Å². The first-order valence-electron chi connectivity index (χ1n) is 10.5. The predicted molar refractivity (Wildman–Crippen MR) is 128 cm³/mol. The summed E-state index contributed by atoms with van der Waals surface area (Å²) in [6.45, 7) is 5.44. The quantitative estimate of drug-likeness (QED) is 0.379. The number of hydrogen-bond donors (Lipinski definition) is 3. The van der Waals surface area contributed by atoms with Gasteiger partial charge in [-0.05, 0) is 49.2 Å². The zero-order chi connectivity index (χ0) is 23.5. The Balaban J connectivity index is 1.28. The van der Waals surface area contributed by atoms with E-state index in [1.54, 1.807) is 13.0 Å². The van der Waals surface area contributed by atoms with Gasteiger partial charge in [0.1, 0.15) is 16.4 Å². The van der Waals surface area contributed by atoms with Crippen LogP contribution in [0.25, 0.3) is 21.0 Å². The number of amides is 2. The van der Waals surface area contributed by atoms with E-state index in [0.717, 1.165) is 21.2 Å². The van der Waals surface area contributed by atoms with Crippen molar-refractivity contribution in [3.63, 3.8) is 0 Å². The second-order valence-electron chi connectivity index (χ2n) is 7.78. The first-order chi connectivity index (χ1) is 15.8. The zero-order valence-corrected chi connectivity index (χ0v) is 19.3. The Morgan fingerprint density at radius 1 is 1.12 bits per heavy atom. The van der Waals surface area contributed by atoms with Crippen molar-refractivity contribution in [2.45, 2.75) is 39.7 Å². The Morgan fingerprint density at radius 2 is 1.88 bits per heavy atom. The second kappa shape index (κ2) is 9.41. The van der Waals surface area contributed by atoms with Gasteiger partial charge >= 0.3 is 0 Å². The standard InChI is InChI=1S/C24H24N4O4S/c1-13-15(3)33-24-21(13)23(31)25-19(26-24)10-11-20(29)27-28-22(30)14(2)32-18-9-8-16-6-4-5-7-17(16)12-18/h4-9,12,14H,10-11H2,1-3H3,(H,27,29)(H,28,30)(H,25,26,31). The van der Waals surface area contributed by atoms with Crippen LogP contribution in [-0.4, -0.2) is 27.9 Å². The average Bonchev–Trinajstić information content (AvgIpc) is 3.09. The van der Waals surface area contributed by atoms with Crippen molar-refractivity contribution in [3.8, 4) is 5.75 Å². The number of H-pyrrole nitrogens is 1. The summed E-state index contributed by atoms with van der Waals surface area (Å²) in [5.41, 5.74) is 5.48. The van der Waals surface area contributed by atoms with Gasteiger partial charge in [-0.2, -0.15) is 0 Å². The van der Waals surface area contributed by atoms with E-state index < -0.39 is 17.9 Å². The minimum atomic E-state index is -0.808. The Hall–Kier alpha value is -3.72. The molecule has 4 aromatic rings. The fourth-order valence-corrected chi connectivity index (χ4v) is 4.49. The summed E-state index contributed by atoms with van der Waals surface area (Å²) in [5.74, 6) is 0.118. The molecule has 0 aliphatic rings. The number of aromatic amines is 1. The molecular formula is C24H24N4O4S. The number of rotatable bonds is 6. The number of carbonyl (C=O) groups excluding carboxylic acids is 2. The zero-order valence-electron chi connectivity index (χ0n) is 18.5. The number of benzene rings is 2. The molecule has 0 spiro atoms. The molecule has 2 aromatic heterocycles. The number of carbonyl (C=O) groups is 2. The number of nitrogens with zero attached hydrogens (tertiary/aromatic N) is 1. The number of aryl methyl sites for hydroxylation is 3. The van der Waals surface area contributed by atoms with E-state index in [0.29, 0.717) is 21.8 Å². The van der Waals surface area contributed by atoms with Crippen molar-refractivity contribution < 1.29 is 14.3 Å². The SMILES string of the molecule is Cc1sc2nc(CCC(=O)NNC(=O)C(C)Oc3ccc4ccccc4c3)[nH]c(=O)c2c1C. The Kier molecular flexibility index (Phi) is 6.41. The highest BCUT2D eigenvalue weighted by Crippen LogP contribution is 2.25. The van der Waals surface area contributed by atoms with E-state index in [1.807, 2.05) is 50.2 Å². The van der Waals surface area contributed by atoms with E-state index in [-0.39, 0.29) is 18.4 Å². The van der Waals surface area contributed by atoms with Crippen molar-refractivity contribution in [1.82, 2.24) is 20.8 Å². The smallest absolute Gasteiger partial charge is 0.279 e. The second-order valence-corrected chi connectivity index (χ2v) is 8.99. The third-order valence-corrected chi connectivity index (χ3v) is 6.51. The summed E-state index contributed by atoms with van der Waals surface area (Å²) in [7, 11) is 0. The molecule has 3 N–H and O–H groups in total. The molecule has 0 fully saturated rings. The highest BCUT2D eigenvalue weighted by atomic mass is 32.1. The summed E-state index contributed by atoms with van der Waals surface area (Å²) in [6.07, 6.45) is -0.513. The van der Waals surface area contributed by atoms with E-state index in [9.17, 15) is 14.4 Å². The molecule has 0 saturated carbocycles. The van der Waals surface area contributed by atoms with Crippen LogP contribution in [0, 0.1) is 13.8 Å². The molecule has 1 unspecified atom stereocenters. The van der Waals surface area contributed by atoms with Crippen molar-refractivity contribution in [2.75, 3.05) is 0 Å². The van der Waals surface area contributed by atoms with Crippen LogP contribution in [0.3, 0.4) is 0 Å². The third kappa shape index (κ3) is 5.04. The predicted octanol–water partition coefficient (Wildman–Crippen LogP) is 3.30. The van der Waals surface area contributed by atoms with Crippen LogP contribution >= 0.6 is 11.3 Å². The average molecular weight is 465 g/mol. The summed E-state index contributed by atoms with van der Waals surface area (Å²) < 4.78 is 5.70. The van der Waals surface area contributed by atoms with Gasteiger partial charge in [0.25, 0.3) is 11.5 Å². The first kappa shape index (κ1) is 22.5. The monoisotopic (exact) mass is 464 g/mol. The lowest BCUT2D eigenvalue weighted by Gasteiger charge is -2.15. The van der Waals surface area contributed by atoms with Gasteiger partial charge in [0.05, 0.1) is 5.39 Å². The molecular weight excluding hydrogens is 440 g/mol. The largest absolute Gasteiger partial charge is 0.481 e. The Bertz CT molecular complexity index is 1410. The number of hydrogen-bond acceptors (Lipinski definition) is 6. The lowest BCUT2D eigenvalue weighted by atomic mass is 10.1. The summed E-state index contributed by atoms with van der Waals surface area (Å²) in [6, 6.07) is 13.4. The maximum atomic E-state index is 12.3. The van der Waals surface area contributed by atoms with Crippen LogP contribution in [0.15, 0.2) is 47.3 Å². The molecule has 0 saturated heterocycles. The third-order valence-electron chi connectivity index (χ3n) is 5.41. The van der Waals surface area contributed by atoms with Gasteiger partial charge in [0, 0.05) is 17.7 Å². The summed E-state index contributed by atoms with van der Waals surface area (Å²) in [4.78, 5) is 45.7. The molecule has 8 nitrogen and oxygen atoms in total. The number of hydrazine groups is 1. The van der Waals surface area contributed by atoms with E-state index in [1.165, 1.54) is 11.3 Å². The van der Waals surface area contributed by atoms with Gasteiger partial charge in [-0.15, -0.1) is 11.3 Å². The van der Waals surface area contributed by atoms with Crippen LogP contribution in [0.2, 0.25) is 0 Å². The lowest BCUT2D eigenvalue weighted by molar-refractivity contribution is -0.132. The van der Waals surface area contributed by atoms with E-state index in [2.05, 4.69) is 20.8 Å². The molecule has 0 aliphatic heterocycles. The minimum Gasteiger partial charge on any atom is -0.481 e. The van der Waals surface area contributed by atoms with E-state index in [4.69, 9.17) is 4.74 Å². The number of aromatic nitrogens is 2. The molecule has 33 heavy (non-hydrogen) atoms. The highest BCUT2D eigenvalue weighted by molar-refractivity contribution is 7.18. The normalized spacial score (nSPS) is 12.0. The van der Waals surface area contributed by atoms with Crippen molar-refractivity contribution in [2.24, 2.45) is 0 Å². The van der Waals surface area contributed by atoms with Gasteiger partial charge in [-0.1, -0.05) is 30.3 Å². The molecule has 2 aromatic carbocycles. The summed E-state index contributed by atoms with van der Waals surface area (Å²) in [5, 5.41) is 2.68. The van der Waals surface area contributed by atoms with Gasteiger partial charge in [-0.25, -0.2) is 4.98 Å². The topological polar surface area (TPSA) is 113 Å². The molecule has 9 heteroatoms. The number of thiophene rings is 1. The molecule has 0 radical (unpaired) electrons. The number of ether oxygens (including phenoxy) is 1. The van der Waals surface area contributed by atoms with Crippen LogP contribution < -0.4 is 21.1 Å². The van der Waals surface area contributed by atoms with Crippen molar-refractivity contribution >= 4 is 44.1 Å². The van der Waals surface area contributed by atoms with Crippen LogP contribution in [0.5, 0.6) is 5.75 Å². The van der Waals surface area contributed by atoms with E-state index >= 15 is 0 Å². The molecule has 1 atom stereocenters. The lowest BCUT2D eigenvalue weighted by Crippen LogP contribution is -2.47. The molecule has 0 bridgehead atoms. The van der Waals surface area contributed by atoms with Crippen LogP contribution in [0.1, 0.15) is 29.6 Å². The fraction of sp³-hybridized carbons (Fsp3) is 0.250. The van der Waals surface area contributed by atoms with Crippen LogP contribution in [0.4, 0.5) is 0 Å². The number of fused-ring (bicyclic) bond motifs is 2. The molecule has 2 amide bonds. The highest BCUT2D eigenvalue weighted by Gasteiger charge is 2.16. The van der Waals surface area contributed by atoms with Gasteiger partial charge in [0.15, 0.2) is 6.10 Å². The number of nitrogens with one attached hydrogen (secondary N) is 3. The minimum absolute atomic E-state index is 0.0536. The molecule has 0 aliphatic carbocycles. The van der Waals surface area contributed by atoms with Crippen LogP contribution in [-0.2, 0) is 16.0 Å². The maximum Gasteiger partial charge on any atom is 0.279 e. The van der Waals surface area contributed by atoms with Crippen molar-refractivity contribution in [1.29, 1.82) is 0 Å². The Labute approximate surface area is 194 Å². The Morgan fingerprint density at radius 3 is 2.67 bits per heavy atom. The van der Waals surface area contributed by atoms with Gasteiger partial charge in [0.2, 0.25) is 5.91 Å². The molecule has 4 rings (SSSR count). The molecule has 2 heterocycles. The maximum absolute atomic E-state index is 12.3.